The van der Waals surface area contributed by atoms with Crippen LogP contribution in [-0.4, -0.2) is 26.5 Å². The van der Waals surface area contributed by atoms with Crippen LogP contribution in [-0.2, 0) is 12.8 Å². The molecule has 4 heteroatoms. The number of halogens is 1. The number of hydrogen-bond acceptors (Lipinski definition) is 3. The Balaban J connectivity index is 2.58. The Bertz CT molecular complexity index is 486. The van der Waals surface area contributed by atoms with Gasteiger partial charge in [0.15, 0.2) is 5.78 Å². The van der Waals surface area contributed by atoms with E-state index in [1.165, 1.54) is 24.0 Å². The molecule has 0 bridgehead atoms. The van der Waals surface area contributed by atoms with E-state index in [4.69, 9.17) is 4.74 Å². The summed E-state index contributed by atoms with van der Waals surface area (Å²) in [5.74, 6) is 0.791. The zero-order valence-corrected chi connectivity index (χ0v) is 13.1. The highest BCUT2D eigenvalue weighted by Gasteiger charge is 2.23. The van der Waals surface area contributed by atoms with Gasteiger partial charge in [0.25, 0.3) is 0 Å². The Kier molecular flexibility index (Phi) is 4.99. The first-order chi connectivity index (χ1) is 9.19. The molecule has 0 aliphatic heterocycles. The molecular formula is C15H20BrNO2. The van der Waals surface area contributed by atoms with Gasteiger partial charge in [0.1, 0.15) is 5.75 Å². The van der Waals surface area contributed by atoms with Crippen LogP contribution in [0.2, 0.25) is 0 Å². The van der Waals surface area contributed by atoms with Crippen molar-refractivity contribution in [3.05, 3.63) is 27.2 Å². The standard InChI is InChI=1S/C15H20BrNO2/c1-17-9-13(18)14-11-7-5-3-4-6-10(11)8-12(16)15(14)19-2/h8,17H,3-7,9H2,1-2H3. The molecule has 0 atom stereocenters. The molecule has 0 radical (unpaired) electrons. The number of carbonyl (C=O) groups excluding carboxylic acids is 1. The molecule has 0 saturated heterocycles. The lowest BCUT2D eigenvalue weighted by Gasteiger charge is -2.17. The van der Waals surface area contributed by atoms with Gasteiger partial charge in [-0.3, -0.25) is 4.79 Å². The first-order valence-corrected chi connectivity index (χ1v) is 7.54. The summed E-state index contributed by atoms with van der Waals surface area (Å²) in [6.45, 7) is 0.346. The zero-order valence-electron chi connectivity index (χ0n) is 11.5. The second-order valence-corrected chi connectivity index (χ2v) is 5.77. The van der Waals surface area contributed by atoms with Gasteiger partial charge in [-0.1, -0.05) is 6.42 Å². The van der Waals surface area contributed by atoms with Gasteiger partial charge in [-0.05, 0) is 65.9 Å². The largest absolute Gasteiger partial charge is 0.495 e. The van der Waals surface area contributed by atoms with Gasteiger partial charge >= 0.3 is 0 Å². The minimum atomic E-state index is 0.110. The molecular weight excluding hydrogens is 306 g/mol. The number of ketones is 1. The summed E-state index contributed by atoms with van der Waals surface area (Å²) < 4.78 is 6.34. The lowest BCUT2D eigenvalue weighted by Crippen LogP contribution is -2.21. The molecule has 0 spiro atoms. The van der Waals surface area contributed by atoms with Crippen LogP contribution in [0.3, 0.4) is 0 Å². The predicted octanol–water partition coefficient (Wildman–Crippen LogP) is 3.13. The van der Waals surface area contributed by atoms with Crippen molar-refractivity contribution in [2.24, 2.45) is 0 Å². The zero-order chi connectivity index (χ0) is 13.8. The number of nitrogens with one attached hydrogen (secondary N) is 1. The molecule has 1 aromatic carbocycles. The molecule has 1 N–H and O–H groups in total. The smallest absolute Gasteiger partial charge is 0.180 e. The number of Topliss-reactive ketones (excluding diaryl/α,β-unsaturated/α-hetero) is 1. The molecule has 0 saturated carbocycles. The van der Waals surface area contributed by atoms with Crippen molar-refractivity contribution in [1.82, 2.24) is 5.32 Å². The van der Waals surface area contributed by atoms with Gasteiger partial charge in [0.05, 0.1) is 23.7 Å². The summed E-state index contributed by atoms with van der Waals surface area (Å²) in [6, 6.07) is 2.12. The van der Waals surface area contributed by atoms with E-state index in [1.807, 2.05) is 0 Å². The average molecular weight is 326 g/mol. The highest BCUT2D eigenvalue weighted by molar-refractivity contribution is 9.10. The summed E-state index contributed by atoms with van der Waals surface area (Å²) in [5, 5.41) is 2.94. The van der Waals surface area contributed by atoms with Crippen molar-refractivity contribution < 1.29 is 9.53 Å². The van der Waals surface area contributed by atoms with Crippen LogP contribution in [0.25, 0.3) is 0 Å². The molecule has 19 heavy (non-hydrogen) atoms. The molecule has 0 amide bonds. The summed E-state index contributed by atoms with van der Waals surface area (Å²) in [5.41, 5.74) is 3.26. The Morgan fingerprint density at radius 1 is 1.37 bits per heavy atom. The van der Waals surface area contributed by atoms with Crippen LogP contribution in [0.1, 0.15) is 40.7 Å². The van der Waals surface area contributed by atoms with Crippen molar-refractivity contribution >= 4 is 21.7 Å². The molecule has 2 rings (SSSR count). The van der Waals surface area contributed by atoms with Gasteiger partial charge in [-0.2, -0.15) is 0 Å². The highest BCUT2D eigenvalue weighted by atomic mass is 79.9. The molecule has 104 valence electrons. The molecule has 0 fully saturated rings. The summed E-state index contributed by atoms with van der Waals surface area (Å²) in [7, 11) is 3.42. The second-order valence-electron chi connectivity index (χ2n) is 4.92. The van der Waals surface area contributed by atoms with Crippen LogP contribution < -0.4 is 10.1 Å². The number of benzene rings is 1. The van der Waals surface area contributed by atoms with Crippen molar-refractivity contribution in [2.45, 2.75) is 32.1 Å². The quantitative estimate of drug-likeness (QED) is 0.682. The summed E-state index contributed by atoms with van der Waals surface area (Å²) in [4.78, 5) is 12.4. The maximum absolute atomic E-state index is 12.4. The maximum Gasteiger partial charge on any atom is 0.180 e. The van der Waals surface area contributed by atoms with Crippen LogP contribution in [0.15, 0.2) is 10.5 Å². The van der Waals surface area contributed by atoms with Gasteiger partial charge in [0.2, 0.25) is 0 Å². The number of hydrogen-bond donors (Lipinski definition) is 1. The Hall–Kier alpha value is -0.870. The third kappa shape index (κ3) is 3.00. The third-order valence-corrected chi connectivity index (χ3v) is 4.22. The first-order valence-electron chi connectivity index (χ1n) is 6.75. The third-order valence-electron chi connectivity index (χ3n) is 3.63. The summed E-state index contributed by atoms with van der Waals surface area (Å²) in [6.07, 6.45) is 5.61. The van der Waals surface area contributed by atoms with Crippen molar-refractivity contribution in [2.75, 3.05) is 20.7 Å². The van der Waals surface area contributed by atoms with E-state index in [0.717, 1.165) is 29.3 Å². The van der Waals surface area contributed by atoms with E-state index in [0.29, 0.717) is 12.3 Å². The van der Waals surface area contributed by atoms with Crippen molar-refractivity contribution in [3.63, 3.8) is 0 Å². The molecule has 0 unspecified atom stereocenters. The SMILES string of the molecule is CNCC(=O)c1c2c(cc(Br)c1OC)CCCCC2. The van der Waals surface area contributed by atoms with E-state index in [9.17, 15) is 4.79 Å². The van der Waals surface area contributed by atoms with E-state index in [1.54, 1.807) is 14.2 Å². The number of carbonyl (C=O) groups is 1. The minimum absolute atomic E-state index is 0.110. The van der Waals surface area contributed by atoms with Gasteiger partial charge in [0, 0.05) is 0 Å². The van der Waals surface area contributed by atoms with Crippen LogP contribution >= 0.6 is 15.9 Å². The average Bonchev–Trinajstić information content (AvgIpc) is 2.62. The van der Waals surface area contributed by atoms with Crippen LogP contribution in [0.4, 0.5) is 0 Å². The number of methoxy groups -OCH3 is 1. The molecule has 1 aliphatic carbocycles. The van der Waals surface area contributed by atoms with Gasteiger partial charge in [-0.25, -0.2) is 0 Å². The molecule has 3 nitrogen and oxygen atoms in total. The van der Waals surface area contributed by atoms with Gasteiger partial charge < -0.3 is 10.1 Å². The van der Waals surface area contributed by atoms with Gasteiger partial charge in [-0.15, -0.1) is 0 Å². The number of rotatable bonds is 4. The summed E-state index contributed by atoms with van der Waals surface area (Å²) >= 11 is 3.53. The monoisotopic (exact) mass is 325 g/mol. The highest BCUT2D eigenvalue weighted by Crippen LogP contribution is 2.37. The van der Waals surface area contributed by atoms with Crippen LogP contribution in [0, 0.1) is 0 Å². The Labute approximate surface area is 122 Å². The molecule has 0 aromatic heterocycles. The maximum atomic E-state index is 12.4. The number of fused-ring (bicyclic) bond motifs is 1. The van der Waals surface area contributed by atoms with Crippen LogP contribution in [0.5, 0.6) is 5.75 Å². The Morgan fingerprint density at radius 2 is 2.11 bits per heavy atom. The minimum Gasteiger partial charge on any atom is -0.495 e. The molecule has 1 aliphatic rings. The normalized spacial score (nSPS) is 14.7. The molecule has 0 heterocycles. The second kappa shape index (κ2) is 6.53. The van der Waals surface area contributed by atoms with Crippen molar-refractivity contribution in [3.8, 4) is 5.75 Å². The first kappa shape index (κ1) is 14.5. The molecule has 1 aromatic rings. The predicted molar refractivity (Wildman–Crippen MR) is 80.2 cm³/mol. The van der Waals surface area contributed by atoms with Crippen molar-refractivity contribution in [1.29, 1.82) is 0 Å². The van der Waals surface area contributed by atoms with E-state index >= 15 is 0 Å². The van der Waals surface area contributed by atoms with E-state index in [-0.39, 0.29) is 5.78 Å². The number of aryl methyl sites for hydroxylation is 1. The fourth-order valence-corrected chi connectivity index (χ4v) is 3.41. The Morgan fingerprint density at radius 3 is 2.79 bits per heavy atom. The number of likely N-dealkylation sites (N-methyl/N-ethyl adjacent to an activating group) is 1. The lowest BCUT2D eigenvalue weighted by atomic mass is 9.93. The number of ether oxygens (including phenoxy) is 1. The van der Waals surface area contributed by atoms with E-state index in [2.05, 4.69) is 27.3 Å². The fraction of sp³-hybridized carbons (Fsp3) is 0.533. The topological polar surface area (TPSA) is 38.3 Å². The van der Waals surface area contributed by atoms with E-state index < -0.39 is 0 Å². The fourth-order valence-electron chi connectivity index (χ4n) is 2.77. The lowest BCUT2D eigenvalue weighted by molar-refractivity contribution is 0.0989.